The maximum absolute atomic E-state index is 12.6. The highest BCUT2D eigenvalue weighted by Gasteiger charge is 2.40. The summed E-state index contributed by atoms with van der Waals surface area (Å²) in [6.45, 7) is 2.48. The second kappa shape index (κ2) is 8.48. The van der Waals surface area contributed by atoms with Crippen molar-refractivity contribution < 1.29 is 23.8 Å². The molecule has 154 valence electrons. The zero-order valence-electron chi connectivity index (χ0n) is 16.2. The average Bonchev–Trinajstić information content (AvgIpc) is 3.38. The lowest BCUT2D eigenvalue weighted by atomic mass is 10.0. The SMILES string of the molecule is COc1ccc(C(=O)Nc2nc(CC(=O)N3CCC4(CC3)OCCO4)cs2)cc1. The number of nitrogens with zero attached hydrogens (tertiary/aromatic N) is 2. The number of piperidine rings is 1. The van der Waals surface area contributed by atoms with E-state index in [-0.39, 0.29) is 18.2 Å². The highest BCUT2D eigenvalue weighted by Crippen LogP contribution is 2.31. The van der Waals surface area contributed by atoms with Gasteiger partial charge >= 0.3 is 0 Å². The Hall–Kier alpha value is -2.49. The van der Waals surface area contributed by atoms with Gasteiger partial charge in [-0.3, -0.25) is 14.9 Å². The number of hydrogen-bond donors (Lipinski definition) is 1. The summed E-state index contributed by atoms with van der Waals surface area (Å²) in [7, 11) is 1.58. The van der Waals surface area contributed by atoms with Crippen LogP contribution in [-0.2, 0) is 20.7 Å². The maximum Gasteiger partial charge on any atom is 0.257 e. The van der Waals surface area contributed by atoms with Gasteiger partial charge in [0, 0.05) is 36.9 Å². The first kappa shape index (κ1) is 19.8. The zero-order valence-corrected chi connectivity index (χ0v) is 17.0. The van der Waals surface area contributed by atoms with Crippen LogP contribution >= 0.6 is 11.3 Å². The van der Waals surface area contributed by atoms with Crippen LogP contribution in [-0.4, -0.2) is 60.9 Å². The third-order valence-electron chi connectivity index (χ3n) is 5.15. The summed E-state index contributed by atoms with van der Waals surface area (Å²) >= 11 is 1.31. The number of hydrogen-bond acceptors (Lipinski definition) is 7. The lowest BCUT2D eigenvalue weighted by Crippen LogP contribution is -2.47. The first-order valence-electron chi connectivity index (χ1n) is 9.52. The molecule has 1 spiro atoms. The molecule has 2 amide bonds. The molecule has 4 rings (SSSR count). The predicted molar refractivity (Wildman–Crippen MR) is 107 cm³/mol. The quantitative estimate of drug-likeness (QED) is 0.803. The van der Waals surface area contributed by atoms with Gasteiger partial charge in [0.1, 0.15) is 5.75 Å². The largest absolute Gasteiger partial charge is 0.497 e. The van der Waals surface area contributed by atoms with Gasteiger partial charge in [0.15, 0.2) is 10.9 Å². The number of rotatable bonds is 5. The van der Waals surface area contributed by atoms with E-state index >= 15 is 0 Å². The van der Waals surface area contributed by atoms with Crippen LogP contribution in [0.4, 0.5) is 5.13 Å². The summed E-state index contributed by atoms with van der Waals surface area (Å²) in [5.74, 6) is -0.0312. The van der Waals surface area contributed by atoms with Crippen LogP contribution in [0.25, 0.3) is 0 Å². The molecule has 0 unspecified atom stereocenters. The normalized spacial score (nSPS) is 18.0. The first-order chi connectivity index (χ1) is 14.1. The second-order valence-electron chi connectivity index (χ2n) is 6.99. The Balaban J connectivity index is 1.29. The lowest BCUT2D eigenvalue weighted by Gasteiger charge is -2.37. The van der Waals surface area contributed by atoms with E-state index in [0.717, 1.165) is 0 Å². The van der Waals surface area contributed by atoms with E-state index < -0.39 is 5.79 Å². The zero-order chi connectivity index (χ0) is 20.3. The molecule has 9 heteroatoms. The Labute approximate surface area is 172 Å². The summed E-state index contributed by atoms with van der Waals surface area (Å²) < 4.78 is 16.5. The fourth-order valence-electron chi connectivity index (χ4n) is 3.51. The molecule has 0 radical (unpaired) electrons. The molecule has 2 fully saturated rings. The number of thiazole rings is 1. The van der Waals surface area contributed by atoms with E-state index in [0.29, 0.717) is 61.3 Å². The van der Waals surface area contributed by atoms with Crippen molar-refractivity contribution in [2.45, 2.75) is 25.0 Å². The van der Waals surface area contributed by atoms with E-state index in [1.165, 1.54) is 11.3 Å². The van der Waals surface area contributed by atoms with Crippen molar-refractivity contribution in [3.8, 4) is 5.75 Å². The van der Waals surface area contributed by atoms with Gasteiger partial charge in [0.05, 0.1) is 32.4 Å². The molecule has 1 aromatic carbocycles. The molecule has 29 heavy (non-hydrogen) atoms. The third-order valence-corrected chi connectivity index (χ3v) is 5.95. The first-order valence-corrected chi connectivity index (χ1v) is 10.4. The molecule has 2 aliphatic heterocycles. The van der Waals surface area contributed by atoms with E-state index in [4.69, 9.17) is 14.2 Å². The molecule has 2 saturated heterocycles. The van der Waals surface area contributed by atoms with Gasteiger partial charge in [-0.1, -0.05) is 0 Å². The van der Waals surface area contributed by atoms with Gasteiger partial charge in [-0.15, -0.1) is 11.3 Å². The van der Waals surface area contributed by atoms with Crippen LogP contribution < -0.4 is 10.1 Å². The molecule has 3 heterocycles. The van der Waals surface area contributed by atoms with Crippen LogP contribution in [0.1, 0.15) is 28.9 Å². The van der Waals surface area contributed by atoms with Crippen LogP contribution in [0.2, 0.25) is 0 Å². The number of nitrogens with one attached hydrogen (secondary N) is 1. The molecular weight excluding hydrogens is 394 g/mol. The minimum atomic E-state index is -0.490. The van der Waals surface area contributed by atoms with Crippen LogP contribution in [0.3, 0.4) is 0 Å². The molecule has 1 N–H and O–H groups in total. The number of amides is 2. The smallest absolute Gasteiger partial charge is 0.257 e. The van der Waals surface area contributed by atoms with Gasteiger partial charge in [-0.2, -0.15) is 0 Å². The van der Waals surface area contributed by atoms with Crippen molar-refractivity contribution in [3.05, 3.63) is 40.9 Å². The van der Waals surface area contributed by atoms with Crippen LogP contribution in [0, 0.1) is 0 Å². The third kappa shape index (κ3) is 4.58. The van der Waals surface area contributed by atoms with E-state index in [9.17, 15) is 9.59 Å². The number of carbonyl (C=O) groups is 2. The molecule has 2 aromatic rings. The lowest BCUT2D eigenvalue weighted by molar-refractivity contribution is -0.187. The number of likely N-dealkylation sites (tertiary alicyclic amines) is 1. The summed E-state index contributed by atoms with van der Waals surface area (Å²) in [6.07, 6.45) is 1.60. The topological polar surface area (TPSA) is 90.0 Å². The van der Waals surface area contributed by atoms with Gasteiger partial charge in [-0.25, -0.2) is 4.98 Å². The van der Waals surface area contributed by atoms with Gasteiger partial charge in [-0.05, 0) is 24.3 Å². The second-order valence-corrected chi connectivity index (χ2v) is 7.85. The summed E-state index contributed by atoms with van der Waals surface area (Å²) in [6, 6.07) is 6.83. The Kier molecular flexibility index (Phi) is 5.79. The van der Waals surface area contributed by atoms with Crippen molar-refractivity contribution >= 4 is 28.3 Å². The van der Waals surface area contributed by atoms with E-state index in [1.807, 2.05) is 4.90 Å². The molecule has 1 aromatic heterocycles. The number of carbonyl (C=O) groups excluding carboxylic acids is 2. The van der Waals surface area contributed by atoms with E-state index in [1.54, 1.807) is 36.8 Å². The fraction of sp³-hybridized carbons (Fsp3) is 0.450. The number of methoxy groups -OCH3 is 1. The average molecular weight is 417 g/mol. The van der Waals surface area contributed by atoms with Gasteiger partial charge in [0.25, 0.3) is 5.91 Å². The molecule has 0 atom stereocenters. The Morgan fingerprint density at radius 1 is 1.21 bits per heavy atom. The highest BCUT2D eigenvalue weighted by molar-refractivity contribution is 7.14. The molecular formula is C20H23N3O5S. The Morgan fingerprint density at radius 3 is 2.55 bits per heavy atom. The van der Waals surface area contributed by atoms with Crippen molar-refractivity contribution in [3.63, 3.8) is 0 Å². The van der Waals surface area contributed by atoms with Gasteiger partial charge < -0.3 is 19.1 Å². The number of ether oxygens (including phenoxy) is 3. The minimum Gasteiger partial charge on any atom is -0.497 e. The maximum atomic E-state index is 12.6. The predicted octanol–water partition coefficient (Wildman–Crippen LogP) is 2.31. The van der Waals surface area contributed by atoms with Crippen molar-refractivity contribution in [1.82, 2.24) is 9.88 Å². The summed E-state index contributed by atoms with van der Waals surface area (Å²) in [5, 5.41) is 5.04. The minimum absolute atomic E-state index is 0.0242. The number of aromatic nitrogens is 1. The van der Waals surface area contributed by atoms with Crippen LogP contribution in [0.15, 0.2) is 29.6 Å². The molecule has 0 saturated carbocycles. The van der Waals surface area contributed by atoms with Crippen molar-refractivity contribution in [2.24, 2.45) is 0 Å². The van der Waals surface area contributed by atoms with Crippen molar-refractivity contribution in [1.29, 1.82) is 0 Å². The number of benzene rings is 1. The fourth-order valence-corrected chi connectivity index (χ4v) is 4.21. The molecule has 8 nitrogen and oxygen atoms in total. The Bertz CT molecular complexity index is 866. The van der Waals surface area contributed by atoms with Gasteiger partial charge in [0.2, 0.25) is 5.91 Å². The summed E-state index contributed by atoms with van der Waals surface area (Å²) in [4.78, 5) is 31.1. The molecule has 0 bridgehead atoms. The molecule has 0 aliphatic carbocycles. The van der Waals surface area contributed by atoms with Crippen molar-refractivity contribution in [2.75, 3.05) is 38.7 Å². The standard InChI is InChI=1S/C20H23N3O5S/c1-26-16-4-2-14(3-5-16)18(25)22-19-21-15(13-29-19)12-17(24)23-8-6-20(7-9-23)27-10-11-28-20/h2-5,13H,6-12H2,1H3,(H,21,22,25). The van der Waals surface area contributed by atoms with E-state index in [2.05, 4.69) is 10.3 Å². The number of anilines is 1. The monoisotopic (exact) mass is 417 g/mol. The molecule has 2 aliphatic rings. The highest BCUT2D eigenvalue weighted by atomic mass is 32.1. The summed E-state index contributed by atoms with van der Waals surface area (Å²) in [5.41, 5.74) is 1.16. The Morgan fingerprint density at radius 2 is 1.90 bits per heavy atom. The van der Waals surface area contributed by atoms with Crippen LogP contribution in [0.5, 0.6) is 5.75 Å².